The van der Waals surface area contributed by atoms with Gasteiger partial charge in [0.05, 0.1) is 7.11 Å². The maximum atomic E-state index is 10.6. The molecule has 2 aromatic rings. The third kappa shape index (κ3) is 2.87. The summed E-state index contributed by atoms with van der Waals surface area (Å²) >= 11 is 0. The van der Waals surface area contributed by atoms with Crippen molar-refractivity contribution in [3.8, 4) is 5.75 Å². The molecule has 0 unspecified atom stereocenters. The minimum Gasteiger partial charge on any atom is -0.497 e. The van der Waals surface area contributed by atoms with E-state index in [4.69, 9.17) is 4.74 Å². The van der Waals surface area contributed by atoms with Crippen molar-refractivity contribution in [1.29, 1.82) is 0 Å². The molecule has 0 N–H and O–H groups in total. The first-order valence-corrected chi connectivity index (χ1v) is 5.22. The molecule has 0 spiro atoms. The fourth-order valence-corrected chi connectivity index (χ4v) is 1.53. The third-order valence-corrected chi connectivity index (χ3v) is 2.34. The van der Waals surface area contributed by atoms with Gasteiger partial charge in [-0.3, -0.25) is 4.79 Å². The topological polar surface area (TPSA) is 52.1 Å². The number of ether oxygens (including phenoxy) is 1. The largest absolute Gasteiger partial charge is 0.497 e. The Morgan fingerprint density at radius 2 is 2.24 bits per heavy atom. The summed E-state index contributed by atoms with van der Waals surface area (Å²) < 4.78 is 5.14. The molecule has 86 valence electrons. The van der Waals surface area contributed by atoms with Crippen LogP contribution in [0.25, 0.3) is 0 Å². The van der Waals surface area contributed by atoms with Gasteiger partial charge < -0.3 is 4.74 Å². The van der Waals surface area contributed by atoms with Crippen molar-refractivity contribution in [2.24, 2.45) is 0 Å². The molecule has 4 nitrogen and oxygen atoms in total. The van der Waals surface area contributed by atoms with E-state index in [1.807, 2.05) is 24.3 Å². The van der Waals surface area contributed by atoms with Gasteiger partial charge in [-0.05, 0) is 23.8 Å². The lowest BCUT2D eigenvalue weighted by molar-refractivity contribution is 0.111. The molecule has 0 amide bonds. The standard InChI is InChI=1S/C13H12N2O2/c1-17-12-4-2-3-10(7-12)8-13-14-6-5-11(9-16)15-13/h2-7,9H,8H2,1H3. The number of carbonyl (C=O) groups excluding carboxylic acids is 1. The third-order valence-electron chi connectivity index (χ3n) is 2.34. The summed E-state index contributed by atoms with van der Waals surface area (Å²) in [7, 11) is 1.63. The van der Waals surface area contributed by atoms with Gasteiger partial charge in [0.2, 0.25) is 0 Å². The first-order valence-electron chi connectivity index (χ1n) is 5.22. The monoisotopic (exact) mass is 228 g/mol. The molecule has 0 aliphatic heterocycles. The zero-order valence-corrected chi connectivity index (χ0v) is 9.46. The van der Waals surface area contributed by atoms with Crippen LogP contribution in [-0.4, -0.2) is 23.4 Å². The summed E-state index contributed by atoms with van der Waals surface area (Å²) in [5.74, 6) is 1.43. The van der Waals surface area contributed by atoms with Crippen molar-refractivity contribution in [3.63, 3.8) is 0 Å². The Labute approximate surface area is 99.3 Å². The van der Waals surface area contributed by atoms with Crippen LogP contribution >= 0.6 is 0 Å². The minimum atomic E-state index is 0.401. The molecular weight excluding hydrogens is 216 g/mol. The van der Waals surface area contributed by atoms with Crippen LogP contribution in [0.4, 0.5) is 0 Å². The van der Waals surface area contributed by atoms with E-state index < -0.39 is 0 Å². The van der Waals surface area contributed by atoms with E-state index in [0.29, 0.717) is 17.9 Å². The van der Waals surface area contributed by atoms with Crippen LogP contribution in [0.2, 0.25) is 0 Å². The lowest BCUT2D eigenvalue weighted by atomic mass is 10.1. The first-order chi connectivity index (χ1) is 8.31. The van der Waals surface area contributed by atoms with Crippen LogP contribution in [0.15, 0.2) is 36.5 Å². The van der Waals surface area contributed by atoms with Gasteiger partial charge in [0.25, 0.3) is 0 Å². The second-order valence-corrected chi connectivity index (χ2v) is 3.54. The van der Waals surface area contributed by atoms with Crippen molar-refractivity contribution in [2.45, 2.75) is 6.42 Å². The van der Waals surface area contributed by atoms with Gasteiger partial charge in [-0.1, -0.05) is 12.1 Å². The molecule has 1 heterocycles. The van der Waals surface area contributed by atoms with Crippen molar-refractivity contribution in [1.82, 2.24) is 9.97 Å². The molecule has 0 fully saturated rings. The molecule has 0 aliphatic carbocycles. The van der Waals surface area contributed by atoms with Crippen LogP contribution in [0.5, 0.6) is 5.75 Å². The average molecular weight is 228 g/mol. The molecule has 0 saturated heterocycles. The zero-order valence-electron chi connectivity index (χ0n) is 9.46. The Morgan fingerprint density at radius 1 is 1.35 bits per heavy atom. The van der Waals surface area contributed by atoms with Crippen LogP contribution in [0, 0.1) is 0 Å². The van der Waals surface area contributed by atoms with E-state index in [1.54, 1.807) is 19.4 Å². The van der Waals surface area contributed by atoms with Gasteiger partial charge in [0.15, 0.2) is 6.29 Å². The van der Waals surface area contributed by atoms with Gasteiger partial charge >= 0.3 is 0 Å². The molecule has 0 radical (unpaired) electrons. The van der Waals surface area contributed by atoms with Crippen molar-refractivity contribution >= 4 is 6.29 Å². The van der Waals surface area contributed by atoms with Crippen molar-refractivity contribution in [3.05, 3.63) is 53.6 Å². The Balaban J connectivity index is 2.21. The highest BCUT2D eigenvalue weighted by Gasteiger charge is 2.02. The van der Waals surface area contributed by atoms with Crippen molar-refractivity contribution < 1.29 is 9.53 Å². The van der Waals surface area contributed by atoms with E-state index >= 15 is 0 Å². The zero-order chi connectivity index (χ0) is 12.1. The first kappa shape index (κ1) is 11.3. The maximum Gasteiger partial charge on any atom is 0.168 e. The highest BCUT2D eigenvalue weighted by atomic mass is 16.5. The van der Waals surface area contributed by atoms with Crippen LogP contribution in [-0.2, 0) is 6.42 Å². The number of rotatable bonds is 4. The number of aromatic nitrogens is 2. The number of hydrogen-bond donors (Lipinski definition) is 0. The van der Waals surface area contributed by atoms with Crippen LogP contribution in [0.1, 0.15) is 21.9 Å². The quantitative estimate of drug-likeness (QED) is 0.750. The van der Waals surface area contributed by atoms with Crippen molar-refractivity contribution in [2.75, 3.05) is 7.11 Å². The minimum absolute atomic E-state index is 0.401. The fraction of sp³-hybridized carbons (Fsp3) is 0.154. The summed E-state index contributed by atoms with van der Waals surface area (Å²) in [4.78, 5) is 18.9. The second-order valence-electron chi connectivity index (χ2n) is 3.54. The van der Waals surface area contributed by atoms with Gasteiger partial charge in [0, 0.05) is 12.6 Å². The lowest BCUT2D eigenvalue weighted by Gasteiger charge is -2.03. The van der Waals surface area contributed by atoms with E-state index in [-0.39, 0.29) is 0 Å². The van der Waals surface area contributed by atoms with E-state index in [2.05, 4.69) is 9.97 Å². The average Bonchev–Trinajstić information content (AvgIpc) is 2.39. The molecule has 1 aromatic carbocycles. The molecule has 0 atom stereocenters. The van der Waals surface area contributed by atoms with Gasteiger partial charge in [-0.15, -0.1) is 0 Å². The predicted molar refractivity (Wildman–Crippen MR) is 63.2 cm³/mol. The Bertz CT molecular complexity index is 526. The summed E-state index contributed by atoms with van der Waals surface area (Å²) in [6.45, 7) is 0. The smallest absolute Gasteiger partial charge is 0.168 e. The number of carbonyl (C=O) groups is 1. The van der Waals surface area contributed by atoms with E-state index in [1.165, 1.54) is 0 Å². The molecular formula is C13H12N2O2. The molecule has 0 aliphatic rings. The SMILES string of the molecule is COc1cccc(Cc2nccc(C=O)n2)c1. The number of benzene rings is 1. The van der Waals surface area contributed by atoms with Crippen LogP contribution < -0.4 is 4.74 Å². The Morgan fingerprint density at radius 3 is 3.00 bits per heavy atom. The van der Waals surface area contributed by atoms with E-state index in [0.717, 1.165) is 17.6 Å². The second kappa shape index (κ2) is 5.21. The molecule has 0 bridgehead atoms. The normalized spacial score (nSPS) is 9.94. The summed E-state index contributed by atoms with van der Waals surface area (Å²) in [6.07, 6.45) is 2.89. The Kier molecular flexibility index (Phi) is 3.45. The summed E-state index contributed by atoms with van der Waals surface area (Å²) in [6, 6.07) is 9.28. The Hall–Kier alpha value is -2.23. The molecule has 1 aromatic heterocycles. The van der Waals surface area contributed by atoms with Gasteiger partial charge in [-0.25, -0.2) is 9.97 Å². The summed E-state index contributed by atoms with van der Waals surface area (Å²) in [5.41, 5.74) is 1.45. The molecule has 17 heavy (non-hydrogen) atoms. The number of methoxy groups -OCH3 is 1. The molecule has 0 saturated carbocycles. The number of hydrogen-bond acceptors (Lipinski definition) is 4. The fourth-order valence-electron chi connectivity index (χ4n) is 1.53. The summed E-state index contributed by atoms with van der Waals surface area (Å²) in [5, 5.41) is 0. The highest BCUT2D eigenvalue weighted by Crippen LogP contribution is 2.14. The number of nitrogens with zero attached hydrogens (tertiary/aromatic N) is 2. The maximum absolute atomic E-state index is 10.6. The predicted octanol–water partition coefficient (Wildman–Crippen LogP) is 1.89. The molecule has 4 heteroatoms. The highest BCUT2D eigenvalue weighted by molar-refractivity contribution is 5.71. The number of aldehydes is 1. The molecule has 2 rings (SSSR count). The lowest BCUT2D eigenvalue weighted by Crippen LogP contribution is -1.99. The van der Waals surface area contributed by atoms with Gasteiger partial charge in [-0.2, -0.15) is 0 Å². The van der Waals surface area contributed by atoms with Crippen LogP contribution in [0.3, 0.4) is 0 Å². The van der Waals surface area contributed by atoms with E-state index in [9.17, 15) is 4.79 Å². The van der Waals surface area contributed by atoms with Gasteiger partial charge in [0.1, 0.15) is 17.3 Å².